The molecule has 12 heavy (non-hydrogen) atoms. The Balaban J connectivity index is 2.88. The van der Waals surface area contributed by atoms with Crippen molar-refractivity contribution in [3.05, 3.63) is 9.78 Å². The second kappa shape index (κ2) is 2.51. The summed E-state index contributed by atoms with van der Waals surface area (Å²) in [4.78, 5) is 13.4. The van der Waals surface area contributed by atoms with Crippen molar-refractivity contribution in [1.82, 2.24) is 19.9 Å². The van der Waals surface area contributed by atoms with Crippen LogP contribution in [0.15, 0.2) is 0 Å². The Morgan fingerprint density at radius 3 is 2.83 bits per heavy atom. The van der Waals surface area contributed by atoms with E-state index in [1.165, 1.54) is 0 Å². The molecule has 0 amide bonds. The number of halogens is 2. The first kappa shape index (κ1) is 7.65. The lowest BCUT2D eigenvalue weighted by Gasteiger charge is -1.92. The fraction of sp³-hybridized carbons (Fsp3) is 0. The van der Waals surface area contributed by atoms with Crippen molar-refractivity contribution in [1.29, 1.82) is 0 Å². The molecule has 0 atom stereocenters. The number of nitrogens with two attached hydrogens (primary N) is 1. The van der Waals surface area contributed by atoms with Crippen molar-refractivity contribution in [3.63, 3.8) is 0 Å². The summed E-state index contributed by atoms with van der Waals surface area (Å²) in [6.45, 7) is 0. The summed E-state index contributed by atoms with van der Waals surface area (Å²) in [6, 6.07) is 0. The highest BCUT2D eigenvalue weighted by atomic mass is 127. The van der Waals surface area contributed by atoms with Gasteiger partial charge in [0, 0.05) is 0 Å². The molecule has 0 radical (unpaired) electrons. The number of nitrogen functional groups attached to an aromatic ring is 1. The summed E-state index contributed by atoms with van der Waals surface area (Å²) in [5, 5.41) is 0. The number of nitrogens with zero attached hydrogens (tertiary/aromatic N) is 3. The third-order valence-corrected chi connectivity index (χ3v) is 2.08. The van der Waals surface area contributed by atoms with Crippen LogP contribution in [0.25, 0.3) is 11.2 Å². The SMILES string of the molecule is Nc1nc(I)c2[nH]c(F)nc2n1. The number of rotatable bonds is 0. The summed E-state index contributed by atoms with van der Waals surface area (Å²) < 4.78 is 13.1. The molecule has 0 aliphatic rings. The Bertz CT molecular complexity index is 439. The van der Waals surface area contributed by atoms with E-state index in [4.69, 9.17) is 5.73 Å². The Morgan fingerprint density at radius 1 is 1.33 bits per heavy atom. The highest BCUT2D eigenvalue weighted by Gasteiger charge is 2.08. The van der Waals surface area contributed by atoms with Crippen LogP contribution in [-0.2, 0) is 0 Å². The van der Waals surface area contributed by atoms with E-state index in [2.05, 4.69) is 19.9 Å². The molecule has 0 fully saturated rings. The van der Waals surface area contributed by atoms with E-state index in [0.29, 0.717) is 9.22 Å². The molecule has 0 aliphatic carbocycles. The van der Waals surface area contributed by atoms with E-state index in [-0.39, 0.29) is 11.6 Å². The first-order chi connectivity index (χ1) is 5.66. The van der Waals surface area contributed by atoms with Gasteiger partial charge < -0.3 is 10.7 Å². The van der Waals surface area contributed by atoms with Gasteiger partial charge in [-0.05, 0) is 22.6 Å². The van der Waals surface area contributed by atoms with Crippen LogP contribution in [0.5, 0.6) is 0 Å². The predicted octanol–water partition coefficient (Wildman–Crippen LogP) is 0.679. The minimum absolute atomic E-state index is 0.0957. The van der Waals surface area contributed by atoms with Gasteiger partial charge in [-0.25, -0.2) is 4.98 Å². The summed E-state index contributed by atoms with van der Waals surface area (Å²) in [5.74, 6) is 0.0957. The molecule has 3 N–H and O–H groups in total. The monoisotopic (exact) mass is 279 g/mol. The van der Waals surface area contributed by atoms with Gasteiger partial charge in [0.1, 0.15) is 9.22 Å². The van der Waals surface area contributed by atoms with Crippen molar-refractivity contribution >= 4 is 39.7 Å². The number of hydrogen-bond donors (Lipinski definition) is 2. The third-order valence-electron chi connectivity index (χ3n) is 1.30. The number of H-pyrrole nitrogens is 1. The minimum atomic E-state index is -0.678. The molecule has 0 saturated carbocycles. The lowest BCUT2D eigenvalue weighted by Crippen LogP contribution is -1.96. The summed E-state index contributed by atoms with van der Waals surface area (Å²) in [5.41, 5.74) is 6.06. The number of aromatic amines is 1. The molecule has 2 aromatic heterocycles. The van der Waals surface area contributed by atoms with Gasteiger partial charge in [0.2, 0.25) is 5.95 Å². The number of aromatic nitrogens is 4. The number of hydrogen-bond acceptors (Lipinski definition) is 4. The van der Waals surface area contributed by atoms with Crippen molar-refractivity contribution in [2.24, 2.45) is 0 Å². The fourth-order valence-electron chi connectivity index (χ4n) is 0.851. The van der Waals surface area contributed by atoms with E-state index in [0.717, 1.165) is 0 Å². The van der Waals surface area contributed by atoms with Gasteiger partial charge in [0.05, 0.1) is 0 Å². The Labute approximate surface area is 79.7 Å². The highest BCUT2D eigenvalue weighted by Crippen LogP contribution is 2.15. The molecule has 5 nitrogen and oxygen atoms in total. The van der Waals surface area contributed by atoms with Gasteiger partial charge in [-0.2, -0.15) is 14.4 Å². The van der Waals surface area contributed by atoms with E-state index >= 15 is 0 Å². The molecule has 0 unspecified atom stereocenters. The van der Waals surface area contributed by atoms with Crippen LogP contribution in [0.2, 0.25) is 0 Å². The molecule has 0 saturated heterocycles. The largest absolute Gasteiger partial charge is 0.368 e. The second-order valence-corrected chi connectivity index (χ2v) is 3.12. The molecule has 0 aromatic carbocycles. The molecule has 2 heterocycles. The topological polar surface area (TPSA) is 80.5 Å². The second-order valence-electron chi connectivity index (χ2n) is 2.10. The summed E-state index contributed by atoms with van der Waals surface area (Å²) in [6.07, 6.45) is -0.678. The van der Waals surface area contributed by atoms with E-state index in [1.807, 2.05) is 22.6 Å². The molecule has 2 rings (SSSR count). The van der Waals surface area contributed by atoms with Crippen LogP contribution in [0, 0.1) is 9.78 Å². The van der Waals surface area contributed by atoms with Crippen molar-refractivity contribution in [2.45, 2.75) is 0 Å². The molecule has 2 aromatic rings. The van der Waals surface area contributed by atoms with Gasteiger partial charge in [0.15, 0.2) is 5.65 Å². The van der Waals surface area contributed by atoms with Gasteiger partial charge in [-0.1, -0.05) is 0 Å². The Morgan fingerprint density at radius 2 is 2.08 bits per heavy atom. The van der Waals surface area contributed by atoms with Crippen LogP contribution in [-0.4, -0.2) is 19.9 Å². The lowest BCUT2D eigenvalue weighted by atomic mass is 10.6. The Kier molecular flexibility index (Phi) is 1.60. The van der Waals surface area contributed by atoms with Crippen molar-refractivity contribution < 1.29 is 4.39 Å². The quantitative estimate of drug-likeness (QED) is 0.422. The average molecular weight is 279 g/mol. The maximum absolute atomic E-state index is 12.6. The van der Waals surface area contributed by atoms with Crippen LogP contribution in [0.3, 0.4) is 0 Å². The molecule has 0 spiro atoms. The molecular formula is C5H3FIN5. The highest BCUT2D eigenvalue weighted by molar-refractivity contribution is 14.1. The van der Waals surface area contributed by atoms with Crippen molar-refractivity contribution in [3.8, 4) is 0 Å². The van der Waals surface area contributed by atoms with Crippen molar-refractivity contribution in [2.75, 3.05) is 5.73 Å². The van der Waals surface area contributed by atoms with E-state index in [9.17, 15) is 4.39 Å². The average Bonchev–Trinajstić information content (AvgIpc) is 2.29. The van der Waals surface area contributed by atoms with Crippen LogP contribution < -0.4 is 5.73 Å². The zero-order valence-electron chi connectivity index (χ0n) is 5.67. The molecule has 0 aliphatic heterocycles. The molecule has 0 bridgehead atoms. The van der Waals surface area contributed by atoms with Gasteiger partial charge in [0.25, 0.3) is 6.08 Å². The molecule has 7 heteroatoms. The standard InChI is InChI=1S/C5H3FIN5/c6-4-9-1-2(7)10-5(8)12-3(1)11-4/h(H3,8,9,10,11,12). The van der Waals surface area contributed by atoms with Crippen LogP contribution in [0.1, 0.15) is 0 Å². The number of fused-ring (bicyclic) bond motifs is 1. The van der Waals surface area contributed by atoms with E-state index < -0.39 is 6.08 Å². The first-order valence-electron chi connectivity index (χ1n) is 3.01. The predicted molar refractivity (Wildman–Crippen MR) is 48.8 cm³/mol. The normalized spacial score (nSPS) is 10.8. The minimum Gasteiger partial charge on any atom is -0.368 e. The summed E-state index contributed by atoms with van der Waals surface area (Å²) >= 11 is 1.93. The van der Waals surface area contributed by atoms with E-state index in [1.54, 1.807) is 0 Å². The maximum atomic E-state index is 12.6. The number of nitrogens with one attached hydrogen (secondary N) is 1. The maximum Gasteiger partial charge on any atom is 0.289 e. The Hall–Kier alpha value is -0.990. The molecular weight excluding hydrogens is 276 g/mol. The third kappa shape index (κ3) is 1.09. The van der Waals surface area contributed by atoms with Gasteiger partial charge in [-0.15, -0.1) is 0 Å². The van der Waals surface area contributed by atoms with Crippen LogP contribution in [0.4, 0.5) is 10.3 Å². The molecule has 62 valence electrons. The zero-order chi connectivity index (χ0) is 8.72. The summed E-state index contributed by atoms with van der Waals surface area (Å²) in [7, 11) is 0. The first-order valence-corrected chi connectivity index (χ1v) is 4.09. The number of imidazole rings is 1. The van der Waals surface area contributed by atoms with Gasteiger partial charge in [-0.3, -0.25) is 0 Å². The smallest absolute Gasteiger partial charge is 0.289 e. The number of anilines is 1. The lowest BCUT2D eigenvalue weighted by molar-refractivity contribution is 0.556. The van der Waals surface area contributed by atoms with Crippen LogP contribution >= 0.6 is 22.6 Å². The zero-order valence-corrected chi connectivity index (χ0v) is 7.83. The van der Waals surface area contributed by atoms with Gasteiger partial charge >= 0.3 is 0 Å². The fourth-order valence-corrected chi connectivity index (χ4v) is 1.47.